The first-order chi connectivity index (χ1) is 6.12. The van der Waals surface area contributed by atoms with Crippen molar-refractivity contribution >= 4 is 22.0 Å². The second-order valence-corrected chi connectivity index (χ2v) is 4.56. The van der Waals surface area contributed by atoms with Crippen LogP contribution in [0.1, 0.15) is 13.3 Å². The fourth-order valence-electron chi connectivity index (χ4n) is 0.661. The van der Waals surface area contributed by atoms with Gasteiger partial charge in [0.2, 0.25) is 6.16 Å². The summed E-state index contributed by atoms with van der Waals surface area (Å²) in [5.41, 5.74) is 0. The summed E-state index contributed by atoms with van der Waals surface area (Å²) in [6.45, 7) is 1.53. The van der Waals surface area contributed by atoms with Crippen molar-refractivity contribution in [3.8, 4) is 0 Å². The third-order valence-corrected chi connectivity index (χ3v) is 2.73. The molecule has 0 bridgehead atoms. The van der Waals surface area contributed by atoms with E-state index in [1.807, 2.05) is 0 Å². The summed E-state index contributed by atoms with van der Waals surface area (Å²) in [5.74, 6) is -1.27. The smallest absolute Gasteiger partial charge is 0.565 e. The molecule has 0 saturated heterocycles. The summed E-state index contributed by atoms with van der Waals surface area (Å²) in [5, 5.41) is 22.4. The van der Waals surface area contributed by atoms with E-state index >= 15 is 0 Å². The molecule has 0 saturated carbocycles. The molecule has 0 rings (SSSR count). The van der Waals surface area contributed by atoms with Crippen LogP contribution < -0.4 is 74.0 Å². The Balaban J connectivity index is -0.000000249. The quantitative estimate of drug-likeness (QED) is 0.521. The molecule has 0 fully saturated rings. The van der Waals surface area contributed by atoms with Gasteiger partial charge in [0.1, 0.15) is 0 Å². The molecule has 0 aromatic heterocycles. The number of carbonyl (C=O) groups is 2. The van der Waals surface area contributed by atoms with Gasteiger partial charge < -0.3 is 20.1 Å². The molecule has 0 aromatic rings. The molecule has 0 aromatic carbocycles. The Bertz CT molecular complexity index is 293. The molecule has 15 heavy (non-hydrogen) atoms. The number of carboxylic acid groups (broad SMARTS) is 3. The summed E-state index contributed by atoms with van der Waals surface area (Å²) in [6.07, 6.45) is -1.04. The van der Waals surface area contributed by atoms with Gasteiger partial charge in [-0.15, -0.1) is 0 Å². The van der Waals surface area contributed by atoms with E-state index in [-0.39, 0.29) is 75.3 Å². The van der Waals surface area contributed by atoms with Crippen molar-refractivity contribution < 1.29 is 102 Å². The first-order valence-corrected chi connectivity index (χ1v) is 5.40. The van der Waals surface area contributed by atoms with Crippen LogP contribution >= 0.6 is 0 Å². The Morgan fingerprint density at radius 3 is 1.60 bits per heavy atom. The number of aliphatic carboxylic acids is 1. The van der Waals surface area contributed by atoms with Crippen molar-refractivity contribution in [3.63, 3.8) is 0 Å². The van der Waals surface area contributed by atoms with E-state index in [4.69, 9.17) is 20.1 Å². The molecule has 0 radical (unpaired) electrons. The molecule has 0 aliphatic heterocycles. The van der Waals surface area contributed by atoms with E-state index < -0.39 is 27.2 Å². The van der Waals surface area contributed by atoms with Crippen LogP contribution in [0, 0.1) is 0 Å². The minimum Gasteiger partial charge on any atom is -0.565 e. The van der Waals surface area contributed by atoms with Crippen molar-refractivity contribution in [1.82, 2.24) is 0 Å². The molecule has 1 unspecified atom stereocenters. The first kappa shape index (κ1) is 21.1. The minimum absolute atomic E-state index is 0. The monoisotopic (exact) mass is 360 g/mol. The molecule has 0 heterocycles. The fraction of sp³-hybridized carbons (Fsp3) is 0.667. The van der Waals surface area contributed by atoms with Gasteiger partial charge in [0.05, 0.1) is 0 Å². The third-order valence-electron chi connectivity index (χ3n) is 1.16. The van der Waals surface area contributed by atoms with E-state index in [2.05, 4.69) is 0 Å². The molecule has 2 N–H and O–H groups in total. The summed E-state index contributed by atoms with van der Waals surface area (Å²) in [4.78, 5) is 18.6. The maximum absolute atomic E-state index is 10.6. The van der Waals surface area contributed by atoms with Crippen LogP contribution in [-0.2, 0) is 14.6 Å². The van der Waals surface area contributed by atoms with Gasteiger partial charge in [0, 0.05) is 6.26 Å². The van der Waals surface area contributed by atoms with Crippen LogP contribution in [0.25, 0.3) is 0 Å². The van der Waals surface area contributed by atoms with Gasteiger partial charge in [0.15, 0.2) is 15.1 Å². The van der Waals surface area contributed by atoms with Crippen molar-refractivity contribution in [3.05, 3.63) is 0 Å². The number of rotatable bonds is 3. The van der Waals surface area contributed by atoms with Crippen LogP contribution in [-0.4, -0.2) is 42.3 Å². The molecular weight excluding hydrogens is 349 g/mol. The first-order valence-electron chi connectivity index (χ1n) is 3.44. The van der Waals surface area contributed by atoms with Crippen LogP contribution in [0.5, 0.6) is 0 Å². The normalized spacial score (nSPS) is 11.3. The van der Waals surface area contributed by atoms with Crippen LogP contribution in [0.3, 0.4) is 0 Å². The van der Waals surface area contributed by atoms with E-state index in [0.29, 0.717) is 0 Å². The van der Waals surface area contributed by atoms with Gasteiger partial charge in [-0.3, -0.25) is 4.79 Å². The zero-order valence-electron chi connectivity index (χ0n) is 8.63. The molecule has 0 spiro atoms. The van der Waals surface area contributed by atoms with Gasteiger partial charge in [-0.25, -0.2) is 8.42 Å². The number of hydrogen-bond donors (Lipinski definition) is 2. The van der Waals surface area contributed by atoms with Crippen molar-refractivity contribution in [2.45, 2.75) is 18.6 Å². The average molecular weight is 360 g/mol. The molecule has 0 aliphatic rings. The van der Waals surface area contributed by atoms with Crippen LogP contribution in [0.15, 0.2) is 0 Å². The zero-order chi connectivity index (χ0) is 11.9. The van der Waals surface area contributed by atoms with Gasteiger partial charge in [-0.1, -0.05) is 6.92 Å². The topological polar surface area (TPSA) is 132 Å². The second-order valence-electron chi connectivity index (χ2n) is 2.33. The van der Waals surface area contributed by atoms with Gasteiger partial charge in [0.25, 0.3) is 0 Å². The van der Waals surface area contributed by atoms with E-state index in [9.17, 15) is 13.2 Å². The number of hydrogen-bond acceptors (Lipinski definition) is 5. The molecule has 9 heteroatoms. The Hall–Kier alpha value is 0.742. The predicted octanol–water partition coefficient (Wildman–Crippen LogP) is -4.21. The van der Waals surface area contributed by atoms with E-state index in [1.165, 1.54) is 6.92 Å². The summed E-state index contributed by atoms with van der Waals surface area (Å²) in [6, 6.07) is 0. The van der Waals surface area contributed by atoms with Gasteiger partial charge >= 0.3 is 74.9 Å². The molecule has 7 nitrogen and oxygen atoms in total. The van der Waals surface area contributed by atoms with E-state index in [0.717, 1.165) is 6.26 Å². The third kappa shape index (κ3) is 14.7. The summed E-state index contributed by atoms with van der Waals surface area (Å²) >= 11 is 0. The van der Waals surface area contributed by atoms with Gasteiger partial charge in [-0.2, -0.15) is 0 Å². The van der Waals surface area contributed by atoms with Crippen molar-refractivity contribution in [1.29, 1.82) is 0 Å². The Morgan fingerprint density at radius 2 is 1.60 bits per heavy atom. The Kier molecular flexibility index (Phi) is 14.0. The molecule has 0 aliphatic carbocycles. The SMILES string of the molecule is CCC(C(=O)O)S(C)(=O)=O.O=C([O-])O.[Cs+]. The summed E-state index contributed by atoms with van der Waals surface area (Å²) < 4.78 is 21.2. The van der Waals surface area contributed by atoms with Crippen LogP contribution in [0.2, 0.25) is 0 Å². The fourth-order valence-corrected chi connectivity index (χ4v) is 1.63. The number of carboxylic acids is 1. The van der Waals surface area contributed by atoms with Crippen LogP contribution in [0.4, 0.5) is 4.79 Å². The average Bonchev–Trinajstić information content (AvgIpc) is 1.81. The zero-order valence-corrected chi connectivity index (χ0v) is 15.7. The molecule has 84 valence electrons. The Morgan fingerprint density at radius 1 is 1.33 bits per heavy atom. The Labute approximate surface area is 146 Å². The van der Waals surface area contributed by atoms with E-state index in [1.54, 1.807) is 0 Å². The van der Waals surface area contributed by atoms with Crippen molar-refractivity contribution in [2.24, 2.45) is 0 Å². The molecular formula is C6H11CsO7S. The predicted molar refractivity (Wildman–Crippen MR) is 44.6 cm³/mol. The maximum Gasteiger partial charge on any atom is 1.00 e. The number of sulfone groups is 1. The molecule has 1 atom stereocenters. The summed E-state index contributed by atoms with van der Waals surface area (Å²) in [7, 11) is -3.41. The largest absolute Gasteiger partial charge is 1.00 e. The molecule has 0 amide bonds. The van der Waals surface area contributed by atoms with Gasteiger partial charge in [-0.05, 0) is 6.42 Å². The minimum atomic E-state index is -3.41. The standard InChI is InChI=1S/C5H10O4S.CH2O3.Cs/c1-3-4(5(6)7)10(2,8)9;2-1(3)4;/h4H,3H2,1-2H3,(H,6,7);(H2,2,3,4);/q;;+1/p-1. The maximum atomic E-state index is 10.6. The van der Waals surface area contributed by atoms with Crippen molar-refractivity contribution in [2.75, 3.05) is 6.26 Å². The second kappa shape index (κ2) is 9.93.